The Morgan fingerprint density at radius 1 is 0.732 bits per heavy atom. The van der Waals surface area contributed by atoms with Crippen molar-refractivity contribution in [3.05, 3.63) is 131 Å². The van der Waals surface area contributed by atoms with Crippen LogP contribution in [0.4, 0.5) is 28.6 Å². The van der Waals surface area contributed by atoms with Crippen LogP contribution in [0, 0.1) is 32.9 Å². The molecule has 3 aliphatic rings. The Kier molecular flexibility index (Phi) is 10.0. The zero-order valence-corrected chi connectivity index (χ0v) is 35.7. The SMILES string of the molecule is Cc1cccc(C)c1N1CCCN2c3c(C)ccnc3N(c3[c-]c(Oc4[c-]c5c(cc4)N(C)B(c4c(C(C)C)cccc4C(C)C)n4ccnc4-5)ccc3)C12.[Pt+2]. The summed E-state index contributed by atoms with van der Waals surface area (Å²) in [7, 11) is 2.18. The predicted octanol–water partition coefficient (Wildman–Crippen LogP) is 9.35. The number of aryl methyl sites for hydroxylation is 3. The fourth-order valence-corrected chi connectivity index (χ4v) is 9.23. The van der Waals surface area contributed by atoms with Gasteiger partial charge in [-0.1, -0.05) is 93.2 Å². The third-order valence-electron chi connectivity index (χ3n) is 11.6. The van der Waals surface area contributed by atoms with Gasteiger partial charge >= 0.3 is 28.0 Å². The van der Waals surface area contributed by atoms with E-state index in [4.69, 9.17) is 14.7 Å². The molecule has 286 valence electrons. The molecule has 56 heavy (non-hydrogen) atoms. The molecule has 0 amide bonds. The average Bonchev–Trinajstić information content (AvgIpc) is 3.79. The van der Waals surface area contributed by atoms with Crippen molar-refractivity contribution in [2.45, 2.75) is 73.0 Å². The first kappa shape index (κ1) is 37.9. The molecule has 0 N–H and O–H groups in total. The van der Waals surface area contributed by atoms with Gasteiger partial charge in [0.05, 0.1) is 5.69 Å². The first-order valence-corrected chi connectivity index (χ1v) is 19.6. The number of rotatable bonds is 7. The molecule has 8 nitrogen and oxygen atoms in total. The zero-order chi connectivity index (χ0) is 38.1. The van der Waals surface area contributed by atoms with Crippen molar-refractivity contribution in [2.24, 2.45) is 0 Å². The molecule has 1 fully saturated rings. The van der Waals surface area contributed by atoms with Crippen LogP contribution in [-0.2, 0) is 21.1 Å². The van der Waals surface area contributed by atoms with Crippen LogP contribution in [-0.4, -0.2) is 47.9 Å². The molecule has 1 atom stereocenters. The summed E-state index contributed by atoms with van der Waals surface area (Å²) in [6.45, 7) is 17.6. The van der Waals surface area contributed by atoms with Gasteiger partial charge in [0.15, 0.2) is 12.1 Å². The van der Waals surface area contributed by atoms with E-state index < -0.39 is 0 Å². The van der Waals surface area contributed by atoms with Crippen LogP contribution in [0.1, 0.15) is 73.8 Å². The Labute approximate surface area is 346 Å². The van der Waals surface area contributed by atoms with Crippen molar-refractivity contribution in [2.75, 3.05) is 39.6 Å². The largest absolute Gasteiger partial charge is 2.00 e. The maximum Gasteiger partial charge on any atom is 2.00 e. The number of pyridine rings is 1. The van der Waals surface area contributed by atoms with E-state index in [9.17, 15) is 0 Å². The van der Waals surface area contributed by atoms with Gasteiger partial charge in [0.2, 0.25) is 0 Å². The van der Waals surface area contributed by atoms with Gasteiger partial charge in [-0.05, 0) is 85.4 Å². The molecule has 5 heterocycles. The monoisotopic (exact) mass is 920 g/mol. The number of nitrogens with zero attached hydrogens (tertiary/aromatic N) is 7. The minimum Gasteiger partial charge on any atom is -0.503 e. The van der Waals surface area contributed by atoms with Crippen molar-refractivity contribution >= 4 is 41.0 Å². The van der Waals surface area contributed by atoms with Gasteiger partial charge in [-0.3, -0.25) is 4.98 Å². The van der Waals surface area contributed by atoms with E-state index in [-0.39, 0.29) is 34.3 Å². The number of ether oxygens (including phenoxy) is 1. The summed E-state index contributed by atoms with van der Waals surface area (Å²) in [5.74, 6) is 3.83. The second kappa shape index (κ2) is 14.8. The number of para-hydroxylation sites is 1. The van der Waals surface area contributed by atoms with E-state index in [2.05, 4.69) is 152 Å². The third kappa shape index (κ3) is 6.10. The number of imidazole rings is 1. The van der Waals surface area contributed by atoms with Crippen LogP contribution < -0.4 is 29.7 Å². The number of benzene rings is 4. The summed E-state index contributed by atoms with van der Waals surface area (Å²) in [4.78, 5) is 19.7. The van der Waals surface area contributed by atoms with E-state index in [1.807, 2.05) is 30.6 Å². The molecule has 0 bridgehead atoms. The third-order valence-corrected chi connectivity index (χ3v) is 11.6. The minimum absolute atomic E-state index is 0. The molecule has 1 saturated heterocycles. The first-order chi connectivity index (χ1) is 26.6. The van der Waals surface area contributed by atoms with Gasteiger partial charge in [-0.25, -0.2) is 4.98 Å². The summed E-state index contributed by atoms with van der Waals surface area (Å²) in [5, 5.41) is 0. The van der Waals surface area contributed by atoms with Crippen LogP contribution in [0.15, 0.2) is 91.4 Å². The second-order valence-corrected chi connectivity index (χ2v) is 15.9. The topological polar surface area (TPSA) is 52.9 Å². The fraction of sp³-hybridized carbons (Fsp3) is 0.304. The summed E-state index contributed by atoms with van der Waals surface area (Å²) < 4.78 is 8.93. The van der Waals surface area contributed by atoms with Crippen LogP contribution >= 0.6 is 0 Å². The quantitative estimate of drug-likeness (QED) is 0.117. The molecule has 0 aliphatic carbocycles. The van der Waals surface area contributed by atoms with Crippen molar-refractivity contribution in [3.63, 3.8) is 0 Å². The van der Waals surface area contributed by atoms with E-state index >= 15 is 0 Å². The van der Waals surface area contributed by atoms with Crippen molar-refractivity contribution in [1.29, 1.82) is 0 Å². The summed E-state index contributed by atoms with van der Waals surface area (Å²) in [6, 6.07) is 33.0. The predicted molar refractivity (Wildman–Crippen MR) is 226 cm³/mol. The molecule has 3 aliphatic heterocycles. The van der Waals surface area contributed by atoms with Gasteiger partial charge in [-0.2, -0.15) is 6.07 Å². The van der Waals surface area contributed by atoms with Crippen molar-refractivity contribution in [3.8, 4) is 22.9 Å². The van der Waals surface area contributed by atoms with E-state index in [0.717, 1.165) is 48.1 Å². The van der Waals surface area contributed by atoms with Crippen molar-refractivity contribution in [1.82, 2.24) is 14.4 Å². The van der Waals surface area contributed by atoms with E-state index in [1.165, 1.54) is 44.7 Å². The molecule has 0 radical (unpaired) electrons. The fourth-order valence-electron chi connectivity index (χ4n) is 9.23. The van der Waals surface area contributed by atoms with E-state index in [1.54, 1.807) is 0 Å². The van der Waals surface area contributed by atoms with Gasteiger partial charge in [-0.15, -0.1) is 24.3 Å². The Bertz CT molecular complexity index is 2380. The number of fused-ring (bicyclic) bond motifs is 6. The molecule has 6 aromatic rings. The Morgan fingerprint density at radius 2 is 1.38 bits per heavy atom. The smallest absolute Gasteiger partial charge is 0.503 e. The number of hydrogen-bond acceptors (Lipinski definition) is 7. The maximum absolute atomic E-state index is 6.64. The Balaban J connectivity index is 0.00000441. The van der Waals surface area contributed by atoms with E-state index in [0.29, 0.717) is 23.3 Å². The molecular weight excluding hydrogens is 872 g/mol. The zero-order valence-electron chi connectivity index (χ0n) is 33.4. The molecule has 4 aromatic carbocycles. The van der Waals surface area contributed by atoms with Crippen LogP contribution in [0.25, 0.3) is 11.4 Å². The molecule has 0 spiro atoms. The van der Waals surface area contributed by atoms with Gasteiger partial charge < -0.3 is 28.7 Å². The van der Waals surface area contributed by atoms with Crippen LogP contribution in [0.5, 0.6) is 11.5 Å². The number of anilines is 5. The Morgan fingerprint density at radius 3 is 2.09 bits per heavy atom. The van der Waals surface area contributed by atoms with Gasteiger partial charge in [0.25, 0.3) is 0 Å². The molecule has 1 unspecified atom stereocenters. The first-order valence-electron chi connectivity index (χ1n) is 19.6. The van der Waals surface area contributed by atoms with Gasteiger partial charge in [0.1, 0.15) is 0 Å². The van der Waals surface area contributed by atoms with Crippen LogP contribution in [0.3, 0.4) is 0 Å². The molecule has 0 saturated carbocycles. The van der Waals surface area contributed by atoms with Crippen LogP contribution in [0.2, 0.25) is 0 Å². The minimum atomic E-state index is -0.0849. The summed E-state index contributed by atoms with van der Waals surface area (Å²) >= 11 is 0. The average molecular weight is 921 g/mol. The normalized spacial score (nSPS) is 15.8. The van der Waals surface area contributed by atoms with Gasteiger partial charge in [0, 0.05) is 54.7 Å². The Hall–Kier alpha value is -5.01. The standard InChI is InChI=1S/C46H48BN7O.Pt/c1-29(2)37-17-11-18-38(30(3)4)41(37)47-50(8)40-20-19-36(28-39(40)44-49-23-26-53(44)47)55-35-16-10-15-34(27-35)54-45-43(33(7)21-22-48-45)52-25-12-24-51(46(52)54)42-31(5)13-9-14-32(42)6;/h9-11,13-23,26,29-30,46H,12,24-25H2,1-8H3;/q-2;+2. The number of aromatic nitrogens is 3. The summed E-state index contributed by atoms with van der Waals surface area (Å²) in [5.41, 5.74) is 13.2. The second-order valence-electron chi connectivity index (χ2n) is 15.9. The molecular formula is C46H48BN7OPt. The van der Waals surface area contributed by atoms with Crippen molar-refractivity contribution < 1.29 is 25.8 Å². The molecule has 10 heteroatoms. The summed E-state index contributed by atoms with van der Waals surface area (Å²) in [6.07, 6.45) is 6.89. The number of hydrogen-bond donors (Lipinski definition) is 0. The molecule has 9 rings (SSSR count). The molecule has 2 aromatic heterocycles. The maximum atomic E-state index is 6.64.